The highest BCUT2D eigenvalue weighted by atomic mass is 32.2. The summed E-state index contributed by atoms with van der Waals surface area (Å²) in [4.78, 5) is 12.8. The average Bonchev–Trinajstić information content (AvgIpc) is 2.84. The van der Waals surface area contributed by atoms with Gasteiger partial charge in [0.2, 0.25) is 15.9 Å². The van der Waals surface area contributed by atoms with Gasteiger partial charge in [-0.2, -0.15) is 0 Å². The normalized spacial score (nSPS) is 26.8. The molecule has 0 spiro atoms. The van der Waals surface area contributed by atoms with Crippen molar-refractivity contribution in [3.8, 4) is 0 Å². The van der Waals surface area contributed by atoms with Gasteiger partial charge in [-0.15, -0.1) is 0 Å². The summed E-state index contributed by atoms with van der Waals surface area (Å²) in [6, 6.07) is 22.2. The highest BCUT2D eigenvalue weighted by Crippen LogP contribution is 2.60. The van der Waals surface area contributed by atoms with E-state index >= 15 is 0 Å². The first-order valence-electron chi connectivity index (χ1n) is 13.1. The summed E-state index contributed by atoms with van der Waals surface area (Å²) in [6.07, 6.45) is 9.16. The molecule has 1 amide bonds. The van der Waals surface area contributed by atoms with E-state index in [9.17, 15) is 13.2 Å². The molecule has 0 unspecified atom stereocenters. The van der Waals surface area contributed by atoms with Crippen LogP contribution in [0.25, 0.3) is 10.8 Å². The molecular weight excluding hydrogens is 468 g/mol. The number of carbonyl (C=O) groups is 1. The van der Waals surface area contributed by atoms with Crippen LogP contribution in [0.4, 0.5) is 5.69 Å². The summed E-state index contributed by atoms with van der Waals surface area (Å²) in [5.74, 6) is 2.25. The number of amides is 1. The lowest BCUT2D eigenvalue weighted by atomic mass is 9.48. The molecule has 7 rings (SSSR count). The van der Waals surface area contributed by atoms with Gasteiger partial charge in [0.05, 0.1) is 11.9 Å². The second-order valence-corrected chi connectivity index (χ2v) is 13.4. The summed E-state index contributed by atoms with van der Waals surface area (Å²) in [5, 5.41) is 5.15. The number of rotatable bonds is 7. The highest BCUT2D eigenvalue weighted by molar-refractivity contribution is 7.92. The molecule has 1 N–H and O–H groups in total. The molecule has 36 heavy (non-hydrogen) atoms. The average molecular weight is 503 g/mol. The van der Waals surface area contributed by atoms with Gasteiger partial charge in [0, 0.05) is 6.54 Å². The van der Waals surface area contributed by atoms with Crippen LogP contribution in [0.15, 0.2) is 66.7 Å². The molecule has 4 aliphatic carbocycles. The van der Waals surface area contributed by atoms with Gasteiger partial charge in [-0.25, -0.2) is 8.42 Å². The fraction of sp³-hybridized carbons (Fsp3) is 0.433. The second-order valence-electron chi connectivity index (χ2n) is 11.5. The number of anilines is 1. The van der Waals surface area contributed by atoms with Crippen molar-refractivity contribution in [3.63, 3.8) is 0 Å². The van der Waals surface area contributed by atoms with Crippen LogP contribution in [0, 0.1) is 17.8 Å². The topological polar surface area (TPSA) is 66.5 Å². The molecule has 0 aliphatic heterocycles. The van der Waals surface area contributed by atoms with Gasteiger partial charge >= 0.3 is 0 Å². The number of hydrogen-bond donors (Lipinski definition) is 1. The minimum Gasteiger partial charge on any atom is -0.350 e. The fourth-order valence-corrected chi connectivity index (χ4v) is 8.44. The van der Waals surface area contributed by atoms with Crippen LogP contribution in [0.2, 0.25) is 0 Å². The van der Waals surface area contributed by atoms with Crippen molar-refractivity contribution < 1.29 is 13.2 Å². The number of nitrogens with zero attached hydrogens (tertiary/aromatic N) is 1. The third-order valence-electron chi connectivity index (χ3n) is 8.80. The molecule has 0 atom stereocenters. The molecule has 4 fully saturated rings. The van der Waals surface area contributed by atoms with Crippen LogP contribution < -0.4 is 9.62 Å². The quantitative estimate of drug-likeness (QED) is 0.471. The standard InChI is InChI=1S/C30H34N2O3S/c1-36(34,35)32(20-29(33)31-19-21-6-7-25-4-2-3-5-26(25)15-21)28-10-8-27(9-11-28)30-16-22-12-23(17-30)14-24(13-22)18-30/h2-11,15,22-24H,12-14,16-20H2,1H3,(H,31,33). The first kappa shape index (κ1) is 23.5. The van der Waals surface area contributed by atoms with Gasteiger partial charge in [0.25, 0.3) is 0 Å². The van der Waals surface area contributed by atoms with Crippen LogP contribution in [-0.4, -0.2) is 27.1 Å². The zero-order chi connectivity index (χ0) is 24.9. The number of benzene rings is 3. The van der Waals surface area contributed by atoms with Crippen molar-refractivity contribution in [2.75, 3.05) is 17.1 Å². The summed E-state index contributed by atoms with van der Waals surface area (Å²) in [6.45, 7) is 0.120. The SMILES string of the molecule is CS(=O)(=O)N(CC(=O)NCc1ccc2ccccc2c1)c1ccc(C23CC4CC(CC(C4)C2)C3)cc1. The molecule has 6 heteroatoms. The second kappa shape index (κ2) is 8.91. The Morgan fingerprint density at radius 1 is 0.889 bits per heavy atom. The zero-order valence-corrected chi connectivity index (χ0v) is 21.6. The van der Waals surface area contributed by atoms with Crippen LogP contribution >= 0.6 is 0 Å². The Morgan fingerprint density at radius 2 is 1.50 bits per heavy atom. The van der Waals surface area contributed by atoms with Crippen molar-refractivity contribution in [3.05, 3.63) is 77.9 Å². The molecular formula is C30H34N2O3S. The van der Waals surface area contributed by atoms with Gasteiger partial charge in [-0.05, 0) is 102 Å². The van der Waals surface area contributed by atoms with E-state index in [-0.39, 0.29) is 17.9 Å². The first-order chi connectivity index (χ1) is 17.3. The predicted octanol–water partition coefficient (Wildman–Crippen LogP) is 5.39. The number of carbonyl (C=O) groups excluding carboxylic acids is 1. The predicted molar refractivity (Wildman–Crippen MR) is 144 cm³/mol. The molecule has 0 saturated heterocycles. The Morgan fingerprint density at radius 3 is 2.11 bits per heavy atom. The van der Waals surface area contributed by atoms with E-state index < -0.39 is 10.0 Å². The smallest absolute Gasteiger partial charge is 0.241 e. The number of sulfonamides is 1. The maximum atomic E-state index is 12.8. The Bertz CT molecular complexity index is 1360. The number of fused-ring (bicyclic) bond motifs is 1. The van der Waals surface area contributed by atoms with Gasteiger partial charge < -0.3 is 5.32 Å². The van der Waals surface area contributed by atoms with Gasteiger partial charge in [-0.1, -0.05) is 48.5 Å². The Hall–Kier alpha value is -2.86. The molecule has 3 aromatic carbocycles. The van der Waals surface area contributed by atoms with Crippen molar-refractivity contribution >= 4 is 32.4 Å². The maximum Gasteiger partial charge on any atom is 0.241 e. The van der Waals surface area contributed by atoms with E-state index in [1.54, 1.807) is 0 Å². The molecule has 5 nitrogen and oxygen atoms in total. The van der Waals surface area contributed by atoms with Gasteiger partial charge in [0.15, 0.2) is 0 Å². The van der Waals surface area contributed by atoms with Crippen molar-refractivity contribution in [2.45, 2.75) is 50.5 Å². The largest absolute Gasteiger partial charge is 0.350 e. The fourth-order valence-electron chi connectivity index (χ4n) is 7.58. The molecule has 0 heterocycles. The zero-order valence-electron chi connectivity index (χ0n) is 20.8. The van der Waals surface area contributed by atoms with Crippen LogP contribution in [0.3, 0.4) is 0 Å². The lowest BCUT2D eigenvalue weighted by molar-refractivity contribution is -0.119. The van der Waals surface area contributed by atoms with Crippen molar-refractivity contribution in [1.82, 2.24) is 5.32 Å². The summed E-state index contributed by atoms with van der Waals surface area (Å²) in [5.41, 5.74) is 3.14. The molecule has 4 saturated carbocycles. The molecule has 3 aromatic rings. The molecule has 188 valence electrons. The number of nitrogens with one attached hydrogen (secondary N) is 1. The van der Waals surface area contributed by atoms with Crippen LogP contribution in [0.1, 0.15) is 49.7 Å². The Balaban J connectivity index is 1.15. The van der Waals surface area contributed by atoms with E-state index in [0.29, 0.717) is 12.2 Å². The first-order valence-corrected chi connectivity index (χ1v) is 14.9. The number of hydrogen-bond acceptors (Lipinski definition) is 3. The maximum absolute atomic E-state index is 12.8. The molecule has 4 aliphatic rings. The van der Waals surface area contributed by atoms with Gasteiger partial charge in [-0.3, -0.25) is 9.10 Å². The van der Waals surface area contributed by atoms with Crippen LogP contribution in [-0.2, 0) is 26.8 Å². The minimum atomic E-state index is -3.61. The Labute approximate surface area is 213 Å². The third-order valence-corrected chi connectivity index (χ3v) is 9.94. The molecule has 4 bridgehead atoms. The Kier molecular flexibility index (Phi) is 5.83. The third kappa shape index (κ3) is 4.52. The van der Waals surface area contributed by atoms with E-state index in [1.807, 2.05) is 48.5 Å². The van der Waals surface area contributed by atoms with Gasteiger partial charge in [0.1, 0.15) is 6.54 Å². The monoisotopic (exact) mass is 502 g/mol. The van der Waals surface area contributed by atoms with Crippen molar-refractivity contribution in [2.24, 2.45) is 17.8 Å². The van der Waals surface area contributed by atoms with E-state index in [4.69, 9.17) is 0 Å². The highest BCUT2D eigenvalue weighted by Gasteiger charge is 2.51. The van der Waals surface area contributed by atoms with E-state index in [1.165, 1.54) is 48.4 Å². The molecule has 0 radical (unpaired) electrons. The lowest BCUT2D eigenvalue weighted by Gasteiger charge is -2.57. The van der Waals surface area contributed by atoms with E-state index in [0.717, 1.165) is 40.3 Å². The summed E-state index contributed by atoms with van der Waals surface area (Å²) >= 11 is 0. The summed E-state index contributed by atoms with van der Waals surface area (Å²) < 4.78 is 26.5. The van der Waals surface area contributed by atoms with Crippen LogP contribution in [0.5, 0.6) is 0 Å². The minimum absolute atomic E-state index is 0.233. The van der Waals surface area contributed by atoms with Crippen molar-refractivity contribution in [1.29, 1.82) is 0 Å². The molecule has 0 aromatic heterocycles. The lowest BCUT2D eigenvalue weighted by Crippen LogP contribution is -2.48. The van der Waals surface area contributed by atoms with E-state index in [2.05, 4.69) is 23.5 Å². The summed E-state index contributed by atoms with van der Waals surface area (Å²) in [7, 11) is -3.61.